The van der Waals surface area contributed by atoms with Crippen LogP contribution in [0.4, 0.5) is 0 Å². The van der Waals surface area contributed by atoms with Crippen LogP contribution in [-0.2, 0) is 4.79 Å². The van der Waals surface area contributed by atoms with E-state index in [9.17, 15) is 4.79 Å². The van der Waals surface area contributed by atoms with E-state index < -0.39 is 0 Å². The molecule has 1 heterocycles. The van der Waals surface area contributed by atoms with Crippen LogP contribution in [-0.4, -0.2) is 25.5 Å². The van der Waals surface area contributed by atoms with Crippen LogP contribution in [0.25, 0.3) is 0 Å². The van der Waals surface area contributed by atoms with Crippen LogP contribution in [0.3, 0.4) is 0 Å². The number of hydrogen-bond donors (Lipinski definition) is 2. The maximum atomic E-state index is 11.5. The summed E-state index contributed by atoms with van der Waals surface area (Å²) in [6.07, 6.45) is 6.02. The quantitative estimate of drug-likeness (QED) is 0.586. The van der Waals surface area contributed by atoms with E-state index in [4.69, 9.17) is 6.42 Å². The molecule has 0 saturated carbocycles. The molecule has 0 aromatic heterocycles. The van der Waals surface area contributed by atoms with E-state index in [-0.39, 0.29) is 11.8 Å². The SMILES string of the molecule is C#CCNC(=O)C1CNCC(C)C1. The Kier molecular flexibility index (Phi) is 3.78. The number of terminal acetylenes is 1. The Morgan fingerprint density at radius 1 is 1.69 bits per heavy atom. The maximum absolute atomic E-state index is 11.5. The molecule has 2 unspecified atom stereocenters. The van der Waals surface area contributed by atoms with Crippen LogP contribution in [0.5, 0.6) is 0 Å². The molecule has 2 N–H and O–H groups in total. The lowest BCUT2D eigenvalue weighted by Crippen LogP contribution is -2.43. The number of rotatable bonds is 2. The monoisotopic (exact) mass is 180 g/mol. The zero-order valence-electron chi connectivity index (χ0n) is 7.97. The van der Waals surface area contributed by atoms with Crippen LogP contribution in [0.15, 0.2) is 0 Å². The van der Waals surface area contributed by atoms with Crippen LogP contribution in [0.1, 0.15) is 13.3 Å². The molecule has 0 bridgehead atoms. The molecule has 3 nitrogen and oxygen atoms in total. The molecule has 0 aromatic carbocycles. The van der Waals surface area contributed by atoms with Crippen molar-refractivity contribution >= 4 is 5.91 Å². The predicted octanol–water partition coefficient (Wildman–Crippen LogP) is -0.0186. The Balaban J connectivity index is 2.33. The minimum atomic E-state index is 0.0806. The summed E-state index contributed by atoms with van der Waals surface area (Å²) in [4.78, 5) is 11.5. The average molecular weight is 180 g/mol. The molecule has 72 valence electrons. The Morgan fingerprint density at radius 3 is 3.08 bits per heavy atom. The van der Waals surface area contributed by atoms with Crippen molar-refractivity contribution in [2.45, 2.75) is 13.3 Å². The van der Waals surface area contributed by atoms with Gasteiger partial charge in [-0.2, -0.15) is 0 Å². The summed E-state index contributed by atoms with van der Waals surface area (Å²) in [5, 5.41) is 5.94. The molecule has 1 aliphatic heterocycles. The van der Waals surface area contributed by atoms with Gasteiger partial charge in [0.2, 0.25) is 5.91 Å². The van der Waals surface area contributed by atoms with Crippen LogP contribution < -0.4 is 10.6 Å². The van der Waals surface area contributed by atoms with Gasteiger partial charge < -0.3 is 10.6 Å². The third-order valence-corrected chi connectivity index (χ3v) is 2.31. The van der Waals surface area contributed by atoms with E-state index in [1.807, 2.05) is 0 Å². The van der Waals surface area contributed by atoms with Crippen molar-refractivity contribution in [2.75, 3.05) is 19.6 Å². The molecule has 13 heavy (non-hydrogen) atoms. The fourth-order valence-corrected chi connectivity index (χ4v) is 1.64. The maximum Gasteiger partial charge on any atom is 0.225 e. The van der Waals surface area contributed by atoms with Crippen molar-refractivity contribution in [1.82, 2.24) is 10.6 Å². The summed E-state index contributed by atoms with van der Waals surface area (Å²) in [5.74, 6) is 3.15. The largest absolute Gasteiger partial charge is 0.345 e. The summed E-state index contributed by atoms with van der Waals surface area (Å²) >= 11 is 0. The van der Waals surface area contributed by atoms with Gasteiger partial charge in [-0.3, -0.25) is 4.79 Å². The van der Waals surface area contributed by atoms with Gasteiger partial charge in [0.1, 0.15) is 0 Å². The molecule has 1 amide bonds. The lowest BCUT2D eigenvalue weighted by molar-refractivity contribution is -0.125. The van der Waals surface area contributed by atoms with E-state index in [1.165, 1.54) is 0 Å². The predicted molar refractivity (Wildman–Crippen MR) is 52.0 cm³/mol. The summed E-state index contributed by atoms with van der Waals surface area (Å²) in [7, 11) is 0. The smallest absolute Gasteiger partial charge is 0.225 e. The first-order chi connectivity index (χ1) is 6.24. The van der Waals surface area contributed by atoms with Crippen LogP contribution in [0.2, 0.25) is 0 Å². The second-order valence-corrected chi connectivity index (χ2v) is 3.62. The first-order valence-electron chi connectivity index (χ1n) is 4.66. The van der Waals surface area contributed by atoms with Gasteiger partial charge in [-0.05, 0) is 18.9 Å². The van der Waals surface area contributed by atoms with Gasteiger partial charge in [-0.25, -0.2) is 0 Å². The second-order valence-electron chi connectivity index (χ2n) is 3.62. The van der Waals surface area contributed by atoms with Gasteiger partial charge >= 0.3 is 0 Å². The summed E-state index contributed by atoms with van der Waals surface area (Å²) in [5.41, 5.74) is 0. The van der Waals surface area contributed by atoms with E-state index >= 15 is 0 Å². The van der Waals surface area contributed by atoms with Gasteiger partial charge in [0.25, 0.3) is 0 Å². The number of carbonyl (C=O) groups excluding carboxylic acids is 1. The Bertz CT molecular complexity index is 219. The molecule has 1 fully saturated rings. The number of nitrogens with one attached hydrogen (secondary N) is 2. The highest BCUT2D eigenvalue weighted by Gasteiger charge is 2.23. The molecule has 0 spiro atoms. The third kappa shape index (κ3) is 3.08. The first kappa shape index (κ1) is 10.1. The van der Waals surface area contributed by atoms with E-state index in [2.05, 4.69) is 23.5 Å². The third-order valence-electron chi connectivity index (χ3n) is 2.31. The number of piperidine rings is 1. The standard InChI is InChI=1S/C10H16N2O/c1-3-4-12-10(13)9-5-8(2)6-11-7-9/h1,8-9,11H,4-7H2,2H3,(H,12,13). The zero-order chi connectivity index (χ0) is 9.68. The van der Waals surface area contributed by atoms with Crippen molar-refractivity contribution in [3.05, 3.63) is 0 Å². The molecule has 3 heteroatoms. The van der Waals surface area contributed by atoms with Gasteiger partial charge in [0.05, 0.1) is 12.5 Å². The van der Waals surface area contributed by atoms with E-state index in [0.29, 0.717) is 12.5 Å². The average Bonchev–Trinajstić information content (AvgIpc) is 2.14. The summed E-state index contributed by atoms with van der Waals surface area (Å²) in [6.45, 7) is 4.27. The minimum absolute atomic E-state index is 0.0806. The van der Waals surface area contributed by atoms with Gasteiger partial charge in [-0.1, -0.05) is 12.8 Å². The fraction of sp³-hybridized carbons (Fsp3) is 0.700. The lowest BCUT2D eigenvalue weighted by Gasteiger charge is -2.26. The molecule has 0 radical (unpaired) electrons. The van der Waals surface area contributed by atoms with Crippen molar-refractivity contribution in [3.63, 3.8) is 0 Å². The van der Waals surface area contributed by atoms with Gasteiger partial charge in [0, 0.05) is 6.54 Å². The van der Waals surface area contributed by atoms with E-state index in [0.717, 1.165) is 19.5 Å². The molecule has 1 rings (SSSR count). The highest BCUT2D eigenvalue weighted by atomic mass is 16.1. The lowest BCUT2D eigenvalue weighted by atomic mass is 9.91. The van der Waals surface area contributed by atoms with Crippen molar-refractivity contribution in [2.24, 2.45) is 11.8 Å². The number of hydrogen-bond acceptors (Lipinski definition) is 2. The van der Waals surface area contributed by atoms with Crippen molar-refractivity contribution < 1.29 is 4.79 Å². The molecule has 1 aliphatic rings. The molecular weight excluding hydrogens is 164 g/mol. The first-order valence-corrected chi connectivity index (χ1v) is 4.66. The Labute approximate surface area is 79.3 Å². The molecule has 0 aliphatic carbocycles. The van der Waals surface area contributed by atoms with Gasteiger partial charge in [-0.15, -0.1) is 6.42 Å². The summed E-state index contributed by atoms with van der Waals surface area (Å²) in [6, 6.07) is 0. The van der Waals surface area contributed by atoms with Crippen LogP contribution in [0, 0.1) is 24.2 Å². The van der Waals surface area contributed by atoms with Crippen molar-refractivity contribution in [1.29, 1.82) is 0 Å². The number of amides is 1. The molecule has 1 saturated heterocycles. The van der Waals surface area contributed by atoms with Crippen molar-refractivity contribution in [3.8, 4) is 12.3 Å². The topological polar surface area (TPSA) is 41.1 Å². The minimum Gasteiger partial charge on any atom is -0.345 e. The highest BCUT2D eigenvalue weighted by Crippen LogP contribution is 2.15. The van der Waals surface area contributed by atoms with Gasteiger partial charge in [0.15, 0.2) is 0 Å². The zero-order valence-corrected chi connectivity index (χ0v) is 7.97. The van der Waals surface area contributed by atoms with E-state index in [1.54, 1.807) is 0 Å². The Hall–Kier alpha value is -1.01. The molecule has 0 aromatic rings. The Morgan fingerprint density at radius 2 is 2.46 bits per heavy atom. The molecule has 2 atom stereocenters. The highest BCUT2D eigenvalue weighted by molar-refractivity contribution is 5.79. The second kappa shape index (κ2) is 4.88. The normalized spacial score (nSPS) is 27.7. The van der Waals surface area contributed by atoms with Crippen LogP contribution >= 0.6 is 0 Å². The fourth-order valence-electron chi connectivity index (χ4n) is 1.64. The molecular formula is C10H16N2O. The number of carbonyl (C=O) groups is 1. The summed E-state index contributed by atoms with van der Waals surface area (Å²) < 4.78 is 0.